The van der Waals surface area contributed by atoms with Crippen LogP contribution in [0.5, 0.6) is 0 Å². The van der Waals surface area contributed by atoms with E-state index in [2.05, 4.69) is 4.74 Å². The van der Waals surface area contributed by atoms with E-state index in [-0.39, 0.29) is 34.7 Å². The summed E-state index contributed by atoms with van der Waals surface area (Å²) in [4.78, 5) is 36.3. The van der Waals surface area contributed by atoms with Crippen LogP contribution in [-0.2, 0) is 38.7 Å². The van der Waals surface area contributed by atoms with Gasteiger partial charge in [0.2, 0.25) is 0 Å². The van der Waals surface area contributed by atoms with Gasteiger partial charge < -0.3 is 14.2 Å². The average Bonchev–Trinajstić information content (AvgIpc) is 3.06. The van der Waals surface area contributed by atoms with Crippen molar-refractivity contribution in [2.24, 2.45) is 34.0 Å². The van der Waals surface area contributed by atoms with Crippen LogP contribution < -0.4 is 0 Å². The molecule has 37 heavy (non-hydrogen) atoms. The van der Waals surface area contributed by atoms with Crippen molar-refractivity contribution in [3.05, 3.63) is 0 Å². The normalized spacial score (nSPS) is 36.8. The summed E-state index contributed by atoms with van der Waals surface area (Å²) in [6.07, 6.45) is 11.7. The second-order valence-electron chi connectivity index (χ2n) is 12.3. The van der Waals surface area contributed by atoms with E-state index in [9.17, 15) is 31.6 Å². The molecule has 0 radical (unpaired) electrons. The van der Waals surface area contributed by atoms with Gasteiger partial charge in [0.15, 0.2) is 6.61 Å². The van der Waals surface area contributed by atoms with Gasteiger partial charge in [0, 0.05) is 10.8 Å². The molecule has 0 heterocycles. The van der Waals surface area contributed by atoms with Crippen LogP contribution in [0.4, 0.5) is 8.78 Å². The van der Waals surface area contributed by atoms with Crippen LogP contribution in [0.1, 0.15) is 77.0 Å². The van der Waals surface area contributed by atoms with Crippen LogP contribution in [0.25, 0.3) is 0 Å². The number of alkyl halides is 2. The Balaban J connectivity index is 1.20. The molecule has 1 spiro atoms. The monoisotopic (exact) mass is 548 g/mol. The van der Waals surface area contributed by atoms with E-state index in [0.717, 1.165) is 77.0 Å². The maximum Gasteiger partial charge on any atom is 0.465 e. The molecule has 9 nitrogen and oxygen atoms in total. The zero-order chi connectivity index (χ0) is 26.7. The van der Waals surface area contributed by atoms with Gasteiger partial charge in [-0.2, -0.15) is 17.2 Å². The number of halogens is 2. The van der Waals surface area contributed by atoms with Crippen LogP contribution in [0.15, 0.2) is 0 Å². The van der Waals surface area contributed by atoms with E-state index in [1.54, 1.807) is 0 Å². The first kappa shape index (κ1) is 26.8. The third-order valence-corrected chi connectivity index (χ3v) is 10.8. The van der Waals surface area contributed by atoms with Crippen molar-refractivity contribution in [2.45, 2.75) is 82.3 Å². The molecule has 0 saturated heterocycles. The Kier molecular flexibility index (Phi) is 6.61. The molecule has 0 amide bonds. The summed E-state index contributed by atoms with van der Waals surface area (Å²) in [7, 11) is -6.02. The van der Waals surface area contributed by atoms with Gasteiger partial charge in [-0.3, -0.25) is 9.35 Å². The second-order valence-corrected chi connectivity index (χ2v) is 13.8. The van der Waals surface area contributed by atoms with Crippen molar-refractivity contribution in [3.63, 3.8) is 0 Å². The second kappa shape index (κ2) is 9.14. The Morgan fingerprint density at radius 3 is 2.27 bits per heavy atom. The fourth-order valence-electron chi connectivity index (χ4n) is 8.56. The molecule has 208 valence electrons. The number of rotatable bonds is 9. The fourth-order valence-corrected chi connectivity index (χ4v) is 8.83. The van der Waals surface area contributed by atoms with Crippen LogP contribution in [-0.4, -0.2) is 56.0 Å². The molecule has 0 aromatic carbocycles. The molecular weight excluding hydrogens is 514 g/mol. The number of carbonyl (C=O) groups is 3. The van der Waals surface area contributed by atoms with Crippen molar-refractivity contribution in [2.75, 3.05) is 19.8 Å². The zero-order valence-corrected chi connectivity index (χ0v) is 21.5. The van der Waals surface area contributed by atoms with Crippen LogP contribution >= 0.6 is 0 Å². The van der Waals surface area contributed by atoms with E-state index in [0.29, 0.717) is 18.4 Å². The van der Waals surface area contributed by atoms with E-state index in [4.69, 9.17) is 14.0 Å². The van der Waals surface area contributed by atoms with E-state index >= 15 is 0 Å². The first-order valence-corrected chi connectivity index (χ1v) is 14.6. The lowest BCUT2D eigenvalue weighted by atomic mass is 9.42. The van der Waals surface area contributed by atoms with Crippen molar-refractivity contribution < 1.29 is 50.3 Å². The number of fused-ring (bicyclic) bond motifs is 2. The van der Waals surface area contributed by atoms with Gasteiger partial charge in [-0.25, -0.2) is 9.59 Å². The summed E-state index contributed by atoms with van der Waals surface area (Å²) >= 11 is 0. The standard InChI is InChI=1S/C25H34F2O9S/c26-25(27,37(31,32)33)21(30)34-10-19(28)35-15-23-9-18-8-17-6-7-22(11-23,12-24(17,18)13-23)14-36-20(29)16-4-2-1-3-5-16/h16-18H,1-15H2,(H,31,32,33). The van der Waals surface area contributed by atoms with Crippen molar-refractivity contribution in [1.82, 2.24) is 0 Å². The number of carbonyl (C=O) groups excluding carboxylic acids is 3. The van der Waals surface area contributed by atoms with E-state index in [1.165, 1.54) is 0 Å². The van der Waals surface area contributed by atoms with Gasteiger partial charge >= 0.3 is 33.3 Å². The Labute approximate surface area is 214 Å². The summed E-state index contributed by atoms with van der Waals surface area (Å²) in [6, 6.07) is 0. The Morgan fingerprint density at radius 2 is 1.57 bits per heavy atom. The lowest BCUT2D eigenvalue weighted by Gasteiger charge is -2.63. The summed E-state index contributed by atoms with van der Waals surface area (Å²) in [5.74, 6) is -2.63. The molecule has 0 aromatic heterocycles. The van der Waals surface area contributed by atoms with E-state index in [1.807, 2.05) is 0 Å². The van der Waals surface area contributed by atoms with Gasteiger partial charge in [0.1, 0.15) is 0 Å². The number of esters is 3. The average molecular weight is 549 g/mol. The van der Waals surface area contributed by atoms with Gasteiger partial charge in [0.05, 0.1) is 19.1 Å². The van der Waals surface area contributed by atoms with Crippen molar-refractivity contribution >= 4 is 28.0 Å². The lowest BCUT2D eigenvalue weighted by Crippen LogP contribution is -2.56. The maximum absolute atomic E-state index is 13.3. The number of hydrogen-bond donors (Lipinski definition) is 1. The molecule has 3 bridgehead atoms. The molecule has 12 heteroatoms. The molecule has 0 aliphatic heterocycles. The van der Waals surface area contributed by atoms with Crippen molar-refractivity contribution in [3.8, 4) is 0 Å². The molecule has 5 unspecified atom stereocenters. The smallest absolute Gasteiger partial charge is 0.465 e. The minimum absolute atomic E-state index is 0.0257. The SMILES string of the molecule is O=C(COC(=O)C(F)(F)S(=O)(=O)O)OCC12CC3CC4CCC(COC(=O)C5CCCCC5)(C1)CC43C2. The molecule has 5 atom stereocenters. The Morgan fingerprint density at radius 1 is 0.892 bits per heavy atom. The lowest BCUT2D eigenvalue weighted by molar-refractivity contribution is -0.182. The Hall–Kier alpha value is -1.82. The summed E-state index contributed by atoms with van der Waals surface area (Å²) in [6.45, 7) is -0.801. The molecule has 5 aliphatic rings. The zero-order valence-electron chi connectivity index (χ0n) is 20.7. The van der Waals surface area contributed by atoms with Crippen LogP contribution in [0, 0.1) is 34.0 Å². The topological polar surface area (TPSA) is 133 Å². The highest BCUT2D eigenvalue weighted by Gasteiger charge is 2.72. The van der Waals surface area contributed by atoms with Gasteiger partial charge in [-0.1, -0.05) is 19.3 Å². The maximum atomic E-state index is 13.3. The third kappa shape index (κ3) is 4.66. The van der Waals surface area contributed by atoms with Gasteiger partial charge in [-0.15, -0.1) is 0 Å². The largest absolute Gasteiger partial charge is 0.465 e. The first-order valence-electron chi connectivity index (χ1n) is 13.1. The van der Waals surface area contributed by atoms with Crippen LogP contribution in [0.2, 0.25) is 0 Å². The van der Waals surface area contributed by atoms with Gasteiger partial charge in [-0.05, 0) is 75.0 Å². The highest BCUT2D eigenvalue weighted by atomic mass is 32.2. The number of ether oxygens (including phenoxy) is 3. The predicted molar refractivity (Wildman–Crippen MR) is 123 cm³/mol. The highest BCUT2D eigenvalue weighted by Crippen LogP contribution is 2.79. The summed E-state index contributed by atoms with van der Waals surface area (Å²) < 4.78 is 71.9. The molecule has 5 aliphatic carbocycles. The summed E-state index contributed by atoms with van der Waals surface area (Å²) in [5.41, 5.74) is -0.345. The molecule has 5 fully saturated rings. The summed E-state index contributed by atoms with van der Waals surface area (Å²) in [5, 5.41) is -5.17. The number of hydrogen-bond acceptors (Lipinski definition) is 8. The molecule has 0 aromatic rings. The fraction of sp³-hybridized carbons (Fsp3) is 0.880. The van der Waals surface area contributed by atoms with Crippen LogP contribution in [0.3, 0.4) is 0 Å². The third-order valence-electron chi connectivity index (χ3n) is 9.94. The highest BCUT2D eigenvalue weighted by molar-refractivity contribution is 7.87. The quantitative estimate of drug-likeness (QED) is 0.260. The predicted octanol–water partition coefficient (Wildman–Crippen LogP) is 3.65. The first-order chi connectivity index (χ1) is 17.3. The minimum Gasteiger partial charge on any atom is -0.465 e. The molecule has 1 N–H and O–H groups in total. The van der Waals surface area contributed by atoms with E-state index < -0.39 is 33.9 Å². The molecule has 5 rings (SSSR count). The Bertz CT molecular complexity index is 1070. The van der Waals surface area contributed by atoms with Crippen molar-refractivity contribution in [1.29, 1.82) is 0 Å². The molecular formula is C25H34F2O9S. The van der Waals surface area contributed by atoms with Gasteiger partial charge in [0.25, 0.3) is 0 Å². The molecule has 5 saturated carbocycles. The minimum atomic E-state index is -6.02.